The Balaban J connectivity index is 2.50. The quantitative estimate of drug-likeness (QED) is 0.680. The van der Waals surface area contributed by atoms with Crippen LogP contribution in [0.3, 0.4) is 0 Å². The van der Waals surface area contributed by atoms with Crippen molar-refractivity contribution < 1.29 is 0 Å². The van der Waals surface area contributed by atoms with Crippen molar-refractivity contribution in [2.24, 2.45) is 5.73 Å². The highest BCUT2D eigenvalue weighted by molar-refractivity contribution is 9.11. The van der Waals surface area contributed by atoms with Crippen molar-refractivity contribution in [3.8, 4) is 0 Å². The van der Waals surface area contributed by atoms with Crippen LogP contribution in [0.1, 0.15) is 22.7 Å². The Hall–Kier alpha value is -0.160. The summed E-state index contributed by atoms with van der Waals surface area (Å²) in [4.78, 5) is 0. The second-order valence-corrected chi connectivity index (χ2v) is 6.79. The number of rotatable bonds is 2. The van der Waals surface area contributed by atoms with Crippen LogP contribution in [0.2, 0.25) is 0 Å². The molecule has 1 atom stereocenters. The van der Waals surface area contributed by atoms with Crippen LogP contribution in [-0.4, -0.2) is 0 Å². The molecule has 2 rings (SSSR count). The van der Waals surface area contributed by atoms with Crippen LogP contribution in [-0.2, 0) is 0 Å². The average Bonchev–Trinajstić information content (AvgIpc) is 2.34. The Kier molecular flexibility index (Phi) is 4.64. The van der Waals surface area contributed by atoms with E-state index in [2.05, 4.69) is 66.8 Å². The molecule has 0 spiro atoms. The molecule has 0 radical (unpaired) electrons. The van der Waals surface area contributed by atoms with Crippen LogP contribution in [0.15, 0.2) is 49.8 Å². The number of aryl methyl sites for hydroxylation is 1. The summed E-state index contributed by atoms with van der Waals surface area (Å²) >= 11 is 10.6. The van der Waals surface area contributed by atoms with Gasteiger partial charge in [-0.1, -0.05) is 65.5 Å². The maximum atomic E-state index is 6.37. The van der Waals surface area contributed by atoms with Gasteiger partial charge in [-0.05, 0) is 42.3 Å². The van der Waals surface area contributed by atoms with E-state index in [1.165, 1.54) is 5.56 Å². The van der Waals surface area contributed by atoms with Gasteiger partial charge in [-0.25, -0.2) is 0 Å². The molecule has 0 aliphatic rings. The van der Waals surface area contributed by atoms with Gasteiger partial charge in [-0.3, -0.25) is 0 Å². The normalized spacial score (nSPS) is 12.5. The minimum absolute atomic E-state index is 0.161. The fraction of sp³-hybridized carbons (Fsp3) is 0.143. The minimum atomic E-state index is -0.161. The topological polar surface area (TPSA) is 26.0 Å². The molecule has 0 saturated heterocycles. The fourth-order valence-corrected chi connectivity index (χ4v) is 3.19. The molecule has 0 aromatic heterocycles. The molecule has 2 aromatic rings. The first-order chi connectivity index (χ1) is 8.49. The van der Waals surface area contributed by atoms with Crippen LogP contribution in [0.25, 0.3) is 0 Å². The second kappa shape index (κ2) is 5.87. The predicted molar refractivity (Wildman–Crippen MR) is 86.8 cm³/mol. The van der Waals surface area contributed by atoms with Crippen molar-refractivity contribution in [1.29, 1.82) is 0 Å². The number of halogens is 3. The summed E-state index contributed by atoms with van der Waals surface area (Å²) in [5.41, 5.74) is 9.74. The summed E-state index contributed by atoms with van der Waals surface area (Å²) in [7, 11) is 0. The molecular weight excluding hydrogens is 422 g/mol. The minimum Gasteiger partial charge on any atom is -0.320 e. The molecule has 1 unspecified atom stereocenters. The molecule has 0 aliphatic carbocycles. The van der Waals surface area contributed by atoms with Crippen LogP contribution < -0.4 is 5.73 Å². The maximum Gasteiger partial charge on any atom is 0.0574 e. The summed E-state index contributed by atoms with van der Waals surface area (Å²) in [5.74, 6) is 0. The van der Waals surface area contributed by atoms with Gasteiger partial charge in [0.05, 0.1) is 6.04 Å². The summed E-state index contributed by atoms with van der Waals surface area (Å²) < 4.78 is 3.08. The first-order valence-corrected chi connectivity index (χ1v) is 7.83. The van der Waals surface area contributed by atoms with E-state index < -0.39 is 0 Å². The lowest BCUT2D eigenvalue weighted by atomic mass is 9.98. The molecule has 0 aliphatic heterocycles. The average molecular weight is 434 g/mol. The lowest BCUT2D eigenvalue weighted by Crippen LogP contribution is -2.13. The van der Waals surface area contributed by atoms with Gasteiger partial charge < -0.3 is 5.73 Å². The van der Waals surface area contributed by atoms with E-state index in [1.807, 2.05) is 24.3 Å². The molecule has 1 nitrogen and oxygen atoms in total. The summed E-state index contributed by atoms with van der Waals surface area (Å²) in [5, 5.41) is 0. The van der Waals surface area contributed by atoms with Gasteiger partial charge >= 0.3 is 0 Å². The highest BCUT2D eigenvalue weighted by Gasteiger charge is 2.15. The van der Waals surface area contributed by atoms with E-state index >= 15 is 0 Å². The van der Waals surface area contributed by atoms with Crippen molar-refractivity contribution in [2.75, 3.05) is 0 Å². The zero-order valence-corrected chi connectivity index (χ0v) is 14.5. The largest absolute Gasteiger partial charge is 0.320 e. The van der Waals surface area contributed by atoms with Gasteiger partial charge in [0.1, 0.15) is 0 Å². The van der Waals surface area contributed by atoms with Gasteiger partial charge in [0.15, 0.2) is 0 Å². The predicted octanol–water partition coefficient (Wildman–Crippen LogP) is 5.33. The van der Waals surface area contributed by atoms with Crippen LogP contribution >= 0.6 is 47.8 Å². The Bertz CT molecular complexity index is 530. The third-order valence-corrected chi connectivity index (χ3v) is 4.72. The van der Waals surface area contributed by atoms with Gasteiger partial charge in [0, 0.05) is 13.4 Å². The smallest absolute Gasteiger partial charge is 0.0574 e. The van der Waals surface area contributed by atoms with Gasteiger partial charge in [0.25, 0.3) is 0 Å². The number of hydrogen-bond acceptors (Lipinski definition) is 1. The molecule has 18 heavy (non-hydrogen) atoms. The second-order valence-electron chi connectivity index (χ2n) is 4.17. The van der Waals surface area contributed by atoms with E-state index in [0.717, 1.165) is 24.5 Å². The first kappa shape index (κ1) is 14.3. The van der Waals surface area contributed by atoms with Crippen LogP contribution in [0.4, 0.5) is 0 Å². The molecule has 0 amide bonds. The van der Waals surface area contributed by atoms with Gasteiger partial charge in [-0.2, -0.15) is 0 Å². The van der Waals surface area contributed by atoms with Crippen molar-refractivity contribution in [3.05, 3.63) is 66.5 Å². The summed E-state index contributed by atoms with van der Waals surface area (Å²) in [6.45, 7) is 2.07. The molecule has 0 heterocycles. The third-order valence-electron chi connectivity index (χ3n) is 2.78. The molecule has 94 valence electrons. The summed E-state index contributed by atoms with van der Waals surface area (Å²) in [6.07, 6.45) is 0. The first-order valence-electron chi connectivity index (χ1n) is 5.45. The van der Waals surface area contributed by atoms with Crippen LogP contribution in [0, 0.1) is 6.92 Å². The Labute approximate surface area is 132 Å². The van der Waals surface area contributed by atoms with E-state index in [4.69, 9.17) is 5.73 Å². The van der Waals surface area contributed by atoms with Crippen molar-refractivity contribution >= 4 is 47.8 Å². The van der Waals surface area contributed by atoms with Crippen molar-refractivity contribution in [2.45, 2.75) is 13.0 Å². The summed E-state index contributed by atoms with van der Waals surface area (Å²) in [6, 6.07) is 12.1. The maximum absolute atomic E-state index is 6.37. The Morgan fingerprint density at radius 2 is 1.44 bits per heavy atom. The van der Waals surface area contributed by atoms with E-state index in [9.17, 15) is 0 Å². The van der Waals surface area contributed by atoms with Crippen molar-refractivity contribution in [1.82, 2.24) is 0 Å². The van der Waals surface area contributed by atoms with E-state index in [-0.39, 0.29) is 6.04 Å². The Morgan fingerprint density at radius 3 is 2.11 bits per heavy atom. The molecule has 0 saturated carbocycles. The van der Waals surface area contributed by atoms with Gasteiger partial charge in [0.2, 0.25) is 0 Å². The van der Waals surface area contributed by atoms with Gasteiger partial charge in [-0.15, -0.1) is 0 Å². The molecule has 0 fully saturated rings. The zero-order chi connectivity index (χ0) is 13.3. The Morgan fingerprint density at radius 1 is 0.889 bits per heavy atom. The molecule has 2 N–H and O–H groups in total. The molecular formula is C14H12Br3N. The molecule has 2 aromatic carbocycles. The number of nitrogens with two attached hydrogens (primary N) is 1. The highest BCUT2D eigenvalue weighted by Crippen LogP contribution is 2.33. The lowest BCUT2D eigenvalue weighted by Gasteiger charge is -2.17. The number of hydrogen-bond donors (Lipinski definition) is 1. The monoisotopic (exact) mass is 431 g/mol. The SMILES string of the molecule is Cc1ccc(Br)c(C(N)c2cc(Br)ccc2Br)c1. The standard InChI is InChI=1S/C14H12Br3N/c1-8-2-4-12(16)10(6-8)14(18)11-7-9(15)3-5-13(11)17/h2-7,14H,18H2,1H3. The fourth-order valence-electron chi connectivity index (χ4n) is 1.82. The van der Waals surface area contributed by atoms with Crippen LogP contribution in [0.5, 0.6) is 0 Å². The number of benzene rings is 2. The van der Waals surface area contributed by atoms with E-state index in [1.54, 1.807) is 0 Å². The van der Waals surface area contributed by atoms with E-state index in [0.29, 0.717) is 0 Å². The zero-order valence-electron chi connectivity index (χ0n) is 9.75. The highest BCUT2D eigenvalue weighted by atomic mass is 79.9. The molecule has 0 bridgehead atoms. The lowest BCUT2D eigenvalue weighted by molar-refractivity contribution is 0.857. The third kappa shape index (κ3) is 3.05. The van der Waals surface area contributed by atoms with Crippen molar-refractivity contribution in [3.63, 3.8) is 0 Å². The molecule has 4 heteroatoms.